The van der Waals surface area contributed by atoms with E-state index in [-0.39, 0.29) is 16.7 Å². The van der Waals surface area contributed by atoms with E-state index in [1.54, 1.807) is 24.3 Å². The summed E-state index contributed by atoms with van der Waals surface area (Å²) in [5.74, 6) is 0.482. The number of imidazole rings is 1. The molecule has 2 unspecified atom stereocenters. The fraction of sp³-hybridized carbons (Fsp3) is 0.417. The number of aliphatic carboxylic acids is 1. The molecule has 0 aliphatic heterocycles. The molecule has 4 rings (SSSR count). The van der Waals surface area contributed by atoms with Gasteiger partial charge in [-0.1, -0.05) is 56.9 Å². The third kappa shape index (κ3) is 4.74. The predicted molar refractivity (Wildman–Crippen MR) is 123 cm³/mol. The van der Waals surface area contributed by atoms with Crippen LogP contribution < -0.4 is 11.2 Å². The lowest BCUT2D eigenvalue weighted by atomic mass is 9.79. The first-order valence-electron chi connectivity index (χ1n) is 11.2. The molecule has 0 bridgehead atoms. The summed E-state index contributed by atoms with van der Waals surface area (Å²) in [5.41, 5.74) is 1.23. The zero-order chi connectivity index (χ0) is 22.7. The fourth-order valence-corrected chi connectivity index (χ4v) is 4.73. The molecule has 0 radical (unpaired) electrons. The predicted octanol–water partition coefficient (Wildman–Crippen LogP) is 3.78. The van der Waals surface area contributed by atoms with Crippen molar-refractivity contribution in [3.63, 3.8) is 0 Å². The van der Waals surface area contributed by atoms with Gasteiger partial charge in [0.25, 0.3) is 5.56 Å². The van der Waals surface area contributed by atoms with Crippen LogP contribution in [0.5, 0.6) is 0 Å². The van der Waals surface area contributed by atoms with Gasteiger partial charge in [-0.05, 0) is 36.3 Å². The third-order valence-electron chi connectivity index (χ3n) is 6.26. The number of hydrogen-bond donors (Lipinski definition) is 3. The van der Waals surface area contributed by atoms with Gasteiger partial charge < -0.3 is 10.1 Å². The van der Waals surface area contributed by atoms with Crippen molar-refractivity contribution in [3.8, 4) is 11.4 Å². The van der Waals surface area contributed by atoms with E-state index in [0.29, 0.717) is 24.2 Å². The molecular weight excluding hydrogens is 408 g/mol. The molecule has 2 heterocycles. The van der Waals surface area contributed by atoms with Crippen LogP contribution in [0.15, 0.2) is 39.9 Å². The first kappa shape index (κ1) is 21.8. The van der Waals surface area contributed by atoms with Gasteiger partial charge in [-0.3, -0.25) is 14.3 Å². The van der Waals surface area contributed by atoms with Crippen molar-refractivity contribution in [2.75, 3.05) is 0 Å². The molecule has 0 saturated heterocycles. The lowest BCUT2D eigenvalue weighted by Crippen LogP contribution is -2.38. The molecule has 1 fully saturated rings. The number of carbonyl (C=O) groups is 1. The van der Waals surface area contributed by atoms with Crippen molar-refractivity contribution < 1.29 is 9.90 Å². The zero-order valence-corrected chi connectivity index (χ0v) is 18.1. The van der Waals surface area contributed by atoms with E-state index in [2.05, 4.69) is 21.9 Å². The van der Waals surface area contributed by atoms with Gasteiger partial charge in [-0.25, -0.2) is 14.6 Å². The van der Waals surface area contributed by atoms with Crippen LogP contribution in [0.25, 0.3) is 28.6 Å². The number of nitrogens with one attached hydrogen (secondary N) is 2. The maximum absolute atomic E-state index is 13.1. The van der Waals surface area contributed by atoms with Gasteiger partial charge in [0, 0.05) is 18.2 Å². The Bertz CT molecular complexity index is 1250. The van der Waals surface area contributed by atoms with Crippen molar-refractivity contribution in [2.24, 2.45) is 11.8 Å². The Kier molecular flexibility index (Phi) is 6.39. The second kappa shape index (κ2) is 9.38. The zero-order valence-electron chi connectivity index (χ0n) is 18.1. The van der Waals surface area contributed by atoms with Crippen LogP contribution in [0.3, 0.4) is 0 Å². The Morgan fingerprint density at radius 1 is 1.19 bits per heavy atom. The average molecular weight is 437 g/mol. The molecule has 2 aromatic heterocycles. The van der Waals surface area contributed by atoms with Crippen molar-refractivity contribution in [2.45, 2.75) is 52.0 Å². The van der Waals surface area contributed by atoms with E-state index in [9.17, 15) is 14.4 Å². The molecule has 32 heavy (non-hydrogen) atoms. The van der Waals surface area contributed by atoms with Gasteiger partial charge in [0.05, 0.1) is 0 Å². The van der Waals surface area contributed by atoms with Crippen LogP contribution in [0.4, 0.5) is 0 Å². The third-order valence-corrected chi connectivity index (χ3v) is 6.26. The summed E-state index contributed by atoms with van der Waals surface area (Å²) < 4.78 is 1.31. The van der Waals surface area contributed by atoms with Crippen LogP contribution >= 0.6 is 0 Å². The molecule has 2 atom stereocenters. The largest absolute Gasteiger partial charge is 0.478 e. The number of carboxylic acid groups (broad SMARTS) is 1. The number of aromatic amines is 2. The maximum Gasteiger partial charge on any atom is 0.330 e. The molecule has 1 saturated carbocycles. The van der Waals surface area contributed by atoms with Crippen LogP contribution in [0, 0.1) is 11.8 Å². The Morgan fingerprint density at radius 3 is 2.66 bits per heavy atom. The topological polar surface area (TPSA) is 121 Å². The molecule has 3 N–H and O–H groups in total. The van der Waals surface area contributed by atoms with Gasteiger partial charge in [0.1, 0.15) is 11.3 Å². The first-order chi connectivity index (χ1) is 15.4. The number of rotatable bonds is 7. The summed E-state index contributed by atoms with van der Waals surface area (Å²) in [5, 5.41) is 8.74. The quantitative estimate of drug-likeness (QED) is 0.487. The Labute approximate surface area is 185 Å². The molecule has 0 spiro atoms. The summed E-state index contributed by atoms with van der Waals surface area (Å²) in [6.07, 6.45) is 9.43. The summed E-state index contributed by atoms with van der Waals surface area (Å²) in [6, 6.07) is 7.09. The van der Waals surface area contributed by atoms with E-state index in [1.165, 1.54) is 23.5 Å². The summed E-state index contributed by atoms with van der Waals surface area (Å²) >= 11 is 0. The van der Waals surface area contributed by atoms with Gasteiger partial charge >= 0.3 is 11.7 Å². The number of fused-ring (bicyclic) bond motifs is 1. The van der Waals surface area contributed by atoms with E-state index in [4.69, 9.17) is 5.11 Å². The molecule has 1 aliphatic rings. The van der Waals surface area contributed by atoms with E-state index in [0.717, 1.165) is 42.9 Å². The normalized spacial score (nSPS) is 19.0. The van der Waals surface area contributed by atoms with Gasteiger partial charge in [-0.2, -0.15) is 0 Å². The van der Waals surface area contributed by atoms with E-state index < -0.39 is 11.7 Å². The Balaban J connectivity index is 1.60. The molecule has 168 valence electrons. The lowest BCUT2D eigenvalue weighted by molar-refractivity contribution is -0.131. The molecule has 8 heteroatoms. The lowest BCUT2D eigenvalue weighted by Gasteiger charge is -2.29. The Hall–Kier alpha value is -3.42. The van der Waals surface area contributed by atoms with E-state index in [1.807, 2.05) is 0 Å². The summed E-state index contributed by atoms with van der Waals surface area (Å²) in [7, 11) is 0. The van der Waals surface area contributed by atoms with Crippen molar-refractivity contribution >= 4 is 23.2 Å². The van der Waals surface area contributed by atoms with Gasteiger partial charge in [-0.15, -0.1) is 0 Å². The highest BCUT2D eigenvalue weighted by molar-refractivity contribution is 5.85. The van der Waals surface area contributed by atoms with E-state index >= 15 is 0 Å². The molecule has 1 aliphatic carbocycles. The minimum Gasteiger partial charge on any atom is -0.478 e. The van der Waals surface area contributed by atoms with Crippen LogP contribution in [0.1, 0.15) is 51.0 Å². The number of aromatic nitrogens is 4. The monoisotopic (exact) mass is 436 g/mol. The second-order valence-electron chi connectivity index (χ2n) is 8.64. The molecular formula is C24H28N4O4. The summed E-state index contributed by atoms with van der Waals surface area (Å²) in [4.78, 5) is 46.6. The number of carboxylic acids is 1. The fourth-order valence-electron chi connectivity index (χ4n) is 4.73. The number of benzene rings is 1. The molecule has 3 aromatic rings. The highest BCUT2D eigenvalue weighted by Gasteiger charge is 2.23. The number of hydrogen-bond acceptors (Lipinski definition) is 4. The maximum atomic E-state index is 13.1. The highest BCUT2D eigenvalue weighted by atomic mass is 16.4. The summed E-state index contributed by atoms with van der Waals surface area (Å²) in [6.45, 7) is 2.63. The molecule has 0 amide bonds. The first-order valence-corrected chi connectivity index (χ1v) is 11.2. The minimum absolute atomic E-state index is 0.244. The van der Waals surface area contributed by atoms with Crippen LogP contribution in [-0.4, -0.2) is 30.6 Å². The van der Waals surface area contributed by atoms with Crippen molar-refractivity contribution in [3.05, 3.63) is 56.7 Å². The molecule has 8 nitrogen and oxygen atoms in total. The number of H-pyrrole nitrogens is 2. The highest BCUT2D eigenvalue weighted by Crippen LogP contribution is 2.32. The van der Waals surface area contributed by atoms with Crippen molar-refractivity contribution in [1.29, 1.82) is 0 Å². The van der Waals surface area contributed by atoms with Crippen LogP contribution in [-0.2, 0) is 11.3 Å². The smallest absolute Gasteiger partial charge is 0.330 e. The van der Waals surface area contributed by atoms with Gasteiger partial charge in [0.15, 0.2) is 5.65 Å². The minimum atomic E-state index is -1.01. The average Bonchev–Trinajstić information content (AvgIpc) is 3.20. The van der Waals surface area contributed by atoms with Crippen molar-refractivity contribution in [1.82, 2.24) is 19.5 Å². The van der Waals surface area contributed by atoms with Crippen LogP contribution in [0.2, 0.25) is 0 Å². The Morgan fingerprint density at radius 2 is 1.94 bits per heavy atom. The molecule has 1 aromatic carbocycles. The van der Waals surface area contributed by atoms with Gasteiger partial charge in [0.2, 0.25) is 0 Å². The number of nitrogens with zero attached hydrogens (tertiary/aromatic N) is 2. The SMILES string of the molecule is CCCC1CCCC(Cn2c(=O)[nH]c3nc(-c4ccc(/C=C/C(=O)O)cc4)[nH]c3c2=O)C1. The second-order valence-corrected chi connectivity index (χ2v) is 8.64. The standard InChI is InChI=1S/C24H28N4O4/c1-2-4-16-5-3-6-17(13-16)14-28-23(31)20-22(27-24(28)32)26-21(25-20)18-10-7-15(8-11-18)9-12-19(29)30/h7-12,16-17H,2-6,13-14H2,1H3,(H,25,26)(H,27,32)(H,29,30)/b12-9+.